The first kappa shape index (κ1) is 14.6. The van der Waals surface area contributed by atoms with E-state index in [2.05, 4.69) is 51.9 Å². The Morgan fingerprint density at radius 3 is 2.20 bits per heavy atom. The first-order valence-corrected chi connectivity index (χ1v) is 7.28. The maximum absolute atomic E-state index is 10.5. The van der Waals surface area contributed by atoms with Gasteiger partial charge in [0.1, 0.15) is 5.69 Å². The van der Waals surface area contributed by atoms with E-state index in [9.17, 15) is 5.11 Å². The second-order valence-corrected chi connectivity index (χ2v) is 6.18. The largest absolute Gasteiger partial charge is 0.504 e. The molecule has 0 saturated carbocycles. The van der Waals surface area contributed by atoms with Crippen molar-refractivity contribution in [3.8, 4) is 11.4 Å². The van der Waals surface area contributed by atoms with Gasteiger partial charge in [0.15, 0.2) is 5.75 Å². The summed E-state index contributed by atoms with van der Waals surface area (Å²) in [5.74, 6) is 1.06. The van der Waals surface area contributed by atoms with Crippen molar-refractivity contribution in [1.29, 1.82) is 0 Å². The van der Waals surface area contributed by atoms with Gasteiger partial charge < -0.3 is 5.11 Å². The van der Waals surface area contributed by atoms with Gasteiger partial charge in [-0.3, -0.25) is 0 Å². The molecule has 1 heterocycles. The Bertz CT molecular complexity index is 580. The van der Waals surface area contributed by atoms with E-state index in [4.69, 9.17) is 0 Å². The SMILES string of the molecule is Cc1ccc(-n2nc(CC(C)C)c(O)c2C(C)C)cc1. The topological polar surface area (TPSA) is 38.0 Å². The molecule has 0 spiro atoms. The van der Waals surface area contributed by atoms with E-state index in [0.717, 1.165) is 23.5 Å². The van der Waals surface area contributed by atoms with E-state index >= 15 is 0 Å². The molecule has 2 rings (SSSR count). The normalized spacial score (nSPS) is 11.6. The summed E-state index contributed by atoms with van der Waals surface area (Å²) in [6.07, 6.45) is 0.796. The lowest BCUT2D eigenvalue weighted by Gasteiger charge is -2.10. The molecular formula is C17H24N2O. The summed E-state index contributed by atoms with van der Waals surface area (Å²) in [7, 11) is 0. The van der Waals surface area contributed by atoms with E-state index in [0.29, 0.717) is 11.7 Å². The van der Waals surface area contributed by atoms with Crippen LogP contribution in [-0.4, -0.2) is 14.9 Å². The summed E-state index contributed by atoms with van der Waals surface area (Å²) in [5.41, 5.74) is 3.91. The van der Waals surface area contributed by atoms with Crippen molar-refractivity contribution >= 4 is 0 Å². The predicted octanol–water partition coefficient (Wildman–Crippen LogP) is 4.21. The molecule has 1 aromatic carbocycles. The number of aromatic nitrogens is 2. The zero-order valence-electron chi connectivity index (χ0n) is 13.0. The van der Waals surface area contributed by atoms with Gasteiger partial charge in [0.25, 0.3) is 0 Å². The van der Waals surface area contributed by atoms with Crippen molar-refractivity contribution in [3.63, 3.8) is 0 Å². The average Bonchev–Trinajstić information content (AvgIpc) is 2.67. The molecule has 0 aliphatic heterocycles. The number of rotatable bonds is 4. The number of hydrogen-bond donors (Lipinski definition) is 1. The third kappa shape index (κ3) is 2.87. The zero-order chi connectivity index (χ0) is 14.9. The van der Waals surface area contributed by atoms with Crippen LogP contribution >= 0.6 is 0 Å². The third-order valence-corrected chi connectivity index (χ3v) is 3.39. The van der Waals surface area contributed by atoms with Crippen LogP contribution in [0.5, 0.6) is 5.75 Å². The van der Waals surface area contributed by atoms with Crippen molar-refractivity contribution in [1.82, 2.24) is 9.78 Å². The Morgan fingerprint density at radius 1 is 1.10 bits per heavy atom. The van der Waals surface area contributed by atoms with Gasteiger partial charge in [-0.05, 0) is 37.3 Å². The zero-order valence-corrected chi connectivity index (χ0v) is 13.0. The highest BCUT2D eigenvalue weighted by atomic mass is 16.3. The van der Waals surface area contributed by atoms with Crippen LogP contribution in [0.2, 0.25) is 0 Å². The number of benzene rings is 1. The molecule has 0 aliphatic carbocycles. The second-order valence-electron chi connectivity index (χ2n) is 6.18. The molecule has 0 bridgehead atoms. The van der Waals surface area contributed by atoms with Crippen molar-refractivity contribution in [2.45, 2.75) is 47.0 Å². The van der Waals surface area contributed by atoms with Gasteiger partial charge in [-0.25, -0.2) is 4.68 Å². The fourth-order valence-corrected chi connectivity index (χ4v) is 2.40. The van der Waals surface area contributed by atoms with Crippen LogP contribution in [0.4, 0.5) is 0 Å². The molecule has 1 N–H and O–H groups in total. The van der Waals surface area contributed by atoms with Crippen LogP contribution in [0.25, 0.3) is 5.69 Å². The monoisotopic (exact) mass is 272 g/mol. The van der Waals surface area contributed by atoms with Gasteiger partial charge in [0.05, 0.1) is 11.4 Å². The van der Waals surface area contributed by atoms with Crippen LogP contribution in [0, 0.1) is 12.8 Å². The highest BCUT2D eigenvalue weighted by Gasteiger charge is 2.21. The van der Waals surface area contributed by atoms with Gasteiger partial charge in [0, 0.05) is 0 Å². The third-order valence-electron chi connectivity index (χ3n) is 3.39. The lowest BCUT2D eigenvalue weighted by Crippen LogP contribution is -2.04. The highest BCUT2D eigenvalue weighted by molar-refractivity contribution is 5.43. The number of aryl methyl sites for hydroxylation is 1. The van der Waals surface area contributed by atoms with Crippen LogP contribution < -0.4 is 0 Å². The molecule has 1 aromatic heterocycles. The van der Waals surface area contributed by atoms with E-state index in [1.165, 1.54) is 5.56 Å². The van der Waals surface area contributed by atoms with E-state index in [-0.39, 0.29) is 5.92 Å². The molecule has 108 valence electrons. The minimum absolute atomic E-state index is 0.227. The molecule has 0 aliphatic rings. The summed E-state index contributed by atoms with van der Waals surface area (Å²) in [5, 5.41) is 15.1. The smallest absolute Gasteiger partial charge is 0.160 e. The van der Waals surface area contributed by atoms with Gasteiger partial charge in [-0.1, -0.05) is 45.4 Å². The maximum atomic E-state index is 10.5. The van der Waals surface area contributed by atoms with Gasteiger partial charge >= 0.3 is 0 Å². The van der Waals surface area contributed by atoms with E-state index in [1.807, 2.05) is 16.8 Å². The molecule has 0 unspecified atom stereocenters. The number of hydrogen-bond acceptors (Lipinski definition) is 2. The van der Waals surface area contributed by atoms with Gasteiger partial charge in [-0.2, -0.15) is 5.10 Å². The minimum atomic E-state index is 0.227. The van der Waals surface area contributed by atoms with E-state index in [1.54, 1.807) is 0 Å². The summed E-state index contributed by atoms with van der Waals surface area (Å²) in [4.78, 5) is 0. The minimum Gasteiger partial charge on any atom is -0.504 e. The Labute approximate surface area is 121 Å². The first-order valence-electron chi connectivity index (χ1n) is 7.28. The molecule has 3 heteroatoms. The summed E-state index contributed by atoms with van der Waals surface area (Å²) in [6.45, 7) is 10.5. The summed E-state index contributed by atoms with van der Waals surface area (Å²) >= 11 is 0. The number of aromatic hydroxyl groups is 1. The molecule has 3 nitrogen and oxygen atoms in total. The van der Waals surface area contributed by atoms with E-state index < -0.39 is 0 Å². The van der Waals surface area contributed by atoms with Crippen LogP contribution in [-0.2, 0) is 6.42 Å². The fourth-order valence-electron chi connectivity index (χ4n) is 2.40. The van der Waals surface area contributed by atoms with Gasteiger partial charge in [-0.15, -0.1) is 0 Å². The molecule has 0 radical (unpaired) electrons. The standard InChI is InChI=1S/C17H24N2O/c1-11(2)10-15-17(20)16(12(3)4)19(18-15)14-8-6-13(5)7-9-14/h6-9,11-12,20H,10H2,1-5H3. The van der Waals surface area contributed by atoms with Gasteiger partial charge in [0.2, 0.25) is 0 Å². The lowest BCUT2D eigenvalue weighted by molar-refractivity contribution is 0.452. The number of nitrogens with zero attached hydrogens (tertiary/aromatic N) is 2. The van der Waals surface area contributed by atoms with Crippen LogP contribution in [0.15, 0.2) is 24.3 Å². The highest BCUT2D eigenvalue weighted by Crippen LogP contribution is 2.32. The fraction of sp³-hybridized carbons (Fsp3) is 0.471. The van der Waals surface area contributed by atoms with Crippen LogP contribution in [0.1, 0.15) is 50.6 Å². The average molecular weight is 272 g/mol. The van der Waals surface area contributed by atoms with Crippen molar-refractivity contribution in [2.24, 2.45) is 5.92 Å². The second kappa shape index (κ2) is 5.70. The molecule has 0 fully saturated rings. The summed E-state index contributed by atoms with van der Waals surface area (Å²) in [6, 6.07) is 8.24. The van der Waals surface area contributed by atoms with Crippen molar-refractivity contribution in [3.05, 3.63) is 41.2 Å². The Hall–Kier alpha value is -1.77. The molecule has 20 heavy (non-hydrogen) atoms. The molecule has 2 aromatic rings. The molecule has 0 amide bonds. The van der Waals surface area contributed by atoms with Crippen molar-refractivity contribution in [2.75, 3.05) is 0 Å². The van der Waals surface area contributed by atoms with Crippen molar-refractivity contribution < 1.29 is 5.11 Å². The Morgan fingerprint density at radius 2 is 1.70 bits per heavy atom. The molecule has 0 saturated heterocycles. The summed E-state index contributed by atoms with van der Waals surface area (Å²) < 4.78 is 1.89. The predicted molar refractivity (Wildman–Crippen MR) is 82.6 cm³/mol. The molecular weight excluding hydrogens is 248 g/mol. The first-order chi connectivity index (χ1) is 9.40. The molecule has 0 atom stereocenters. The Balaban J connectivity index is 2.53. The lowest BCUT2D eigenvalue weighted by atomic mass is 10.0. The maximum Gasteiger partial charge on any atom is 0.160 e. The Kier molecular flexibility index (Phi) is 4.17. The van der Waals surface area contributed by atoms with Crippen LogP contribution in [0.3, 0.4) is 0 Å². The quantitative estimate of drug-likeness (QED) is 0.905.